The zero-order chi connectivity index (χ0) is 20.7. The molecule has 2 aliphatic heterocycles. The highest BCUT2D eigenvalue weighted by molar-refractivity contribution is 5.96. The highest BCUT2D eigenvalue weighted by Crippen LogP contribution is 2.40. The average molecular weight is 407 g/mol. The number of carbonyl (C=O) groups excluding carboxylic acids is 1. The third-order valence-electron chi connectivity index (χ3n) is 6.32. The highest BCUT2D eigenvalue weighted by Gasteiger charge is 2.43. The second kappa shape index (κ2) is 7.55. The van der Waals surface area contributed by atoms with Crippen molar-refractivity contribution in [2.75, 3.05) is 13.2 Å². The second-order valence-electron chi connectivity index (χ2n) is 8.19. The molecule has 9 nitrogen and oxygen atoms in total. The monoisotopic (exact) mass is 407 g/mol. The summed E-state index contributed by atoms with van der Waals surface area (Å²) >= 11 is 0. The second-order valence-corrected chi connectivity index (χ2v) is 8.19. The van der Waals surface area contributed by atoms with Crippen LogP contribution in [0.2, 0.25) is 0 Å². The lowest BCUT2D eigenvalue weighted by Gasteiger charge is -2.49. The van der Waals surface area contributed by atoms with Gasteiger partial charge >= 0.3 is 0 Å². The summed E-state index contributed by atoms with van der Waals surface area (Å²) in [7, 11) is 1.88. The lowest BCUT2D eigenvalue weighted by Crippen LogP contribution is -2.55. The van der Waals surface area contributed by atoms with Gasteiger partial charge in [-0.1, -0.05) is 0 Å². The molecule has 5 heterocycles. The number of nitrogens with zero attached hydrogens (tertiary/aromatic N) is 7. The molecule has 6 rings (SSSR count). The number of ether oxygens (including phenoxy) is 1. The molecule has 0 radical (unpaired) electrons. The van der Waals surface area contributed by atoms with Gasteiger partial charge in [0.05, 0.1) is 25.2 Å². The van der Waals surface area contributed by atoms with Gasteiger partial charge in [0.15, 0.2) is 5.69 Å². The van der Waals surface area contributed by atoms with Crippen LogP contribution in [0.5, 0.6) is 5.88 Å². The van der Waals surface area contributed by atoms with Crippen molar-refractivity contribution in [1.82, 2.24) is 34.7 Å². The lowest BCUT2D eigenvalue weighted by atomic mass is 9.72. The Morgan fingerprint density at radius 3 is 2.67 bits per heavy atom. The van der Waals surface area contributed by atoms with Gasteiger partial charge in [-0.15, -0.1) is 4.80 Å². The predicted octanol–water partition coefficient (Wildman–Crippen LogP) is 2.02. The fourth-order valence-electron chi connectivity index (χ4n) is 4.72. The Kier molecular flexibility index (Phi) is 4.72. The number of piperidine rings is 2. The fourth-order valence-corrected chi connectivity index (χ4v) is 4.72. The first-order valence-electron chi connectivity index (χ1n) is 10.4. The van der Waals surface area contributed by atoms with Crippen molar-refractivity contribution in [2.24, 2.45) is 18.9 Å². The van der Waals surface area contributed by atoms with E-state index in [1.54, 1.807) is 23.3 Å². The molecule has 0 aromatic carbocycles. The zero-order valence-electron chi connectivity index (χ0n) is 17.2. The number of amides is 1. The first-order chi connectivity index (χ1) is 14.6. The summed E-state index contributed by atoms with van der Waals surface area (Å²) in [5, 5.41) is 12.5. The van der Waals surface area contributed by atoms with E-state index in [4.69, 9.17) is 4.74 Å². The smallest absolute Gasteiger partial charge is 0.275 e. The molecule has 9 heteroatoms. The van der Waals surface area contributed by atoms with Crippen molar-refractivity contribution >= 4 is 5.91 Å². The summed E-state index contributed by atoms with van der Waals surface area (Å²) in [6.07, 6.45) is 8.05. The van der Waals surface area contributed by atoms with Gasteiger partial charge in [0.2, 0.25) is 5.88 Å². The van der Waals surface area contributed by atoms with Crippen molar-refractivity contribution in [3.8, 4) is 11.6 Å². The number of carbonyl (C=O) groups is 1. The molecule has 2 saturated heterocycles. The fraction of sp³-hybridized carbons (Fsp3) is 0.476. The van der Waals surface area contributed by atoms with Gasteiger partial charge in [0.1, 0.15) is 5.69 Å². The minimum atomic E-state index is -0.0355. The van der Waals surface area contributed by atoms with Crippen LogP contribution in [-0.2, 0) is 7.05 Å². The van der Waals surface area contributed by atoms with E-state index in [0.29, 0.717) is 29.8 Å². The van der Waals surface area contributed by atoms with Crippen LogP contribution >= 0.6 is 0 Å². The molecule has 3 unspecified atom stereocenters. The normalized spacial score (nSPS) is 23.0. The summed E-state index contributed by atoms with van der Waals surface area (Å²) < 4.78 is 7.74. The quantitative estimate of drug-likeness (QED) is 0.643. The molecule has 0 spiro atoms. The van der Waals surface area contributed by atoms with Crippen LogP contribution in [0.25, 0.3) is 5.69 Å². The van der Waals surface area contributed by atoms with Gasteiger partial charge in [0, 0.05) is 31.4 Å². The Labute approximate surface area is 174 Å². The van der Waals surface area contributed by atoms with Crippen molar-refractivity contribution in [3.05, 3.63) is 48.2 Å². The molecule has 3 atom stereocenters. The van der Waals surface area contributed by atoms with Crippen LogP contribution in [0.15, 0.2) is 36.8 Å². The molecule has 3 aliphatic rings. The standard InChI is InChI=1S/C21H25N7O2/c1-14-3-6-18(28-23-9-10-24-28)20(25-14)21(29)27-12-15-4-5-17(27)11-16(15)13-30-19-7-8-22-26(19)2/h3,6-10,15-17H,4-5,11-13H2,1-2H3. The van der Waals surface area contributed by atoms with Gasteiger partial charge in [0.25, 0.3) is 5.91 Å². The first-order valence-corrected chi connectivity index (χ1v) is 10.4. The maximum Gasteiger partial charge on any atom is 0.275 e. The third kappa shape index (κ3) is 3.34. The molecule has 1 saturated carbocycles. The molecular formula is C21H25N7O2. The number of aryl methyl sites for hydroxylation is 2. The van der Waals surface area contributed by atoms with Crippen molar-refractivity contribution in [3.63, 3.8) is 0 Å². The van der Waals surface area contributed by atoms with Crippen LogP contribution in [0.3, 0.4) is 0 Å². The van der Waals surface area contributed by atoms with Gasteiger partial charge in [-0.25, -0.2) is 9.67 Å². The van der Waals surface area contributed by atoms with E-state index in [1.165, 1.54) is 4.80 Å². The Bertz CT molecular complexity index is 1050. The molecule has 3 fully saturated rings. The molecular weight excluding hydrogens is 382 g/mol. The summed E-state index contributed by atoms with van der Waals surface area (Å²) in [6, 6.07) is 5.83. The maximum absolute atomic E-state index is 13.5. The molecule has 1 aliphatic carbocycles. The first kappa shape index (κ1) is 18.8. The number of hydrogen-bond acceptors (Lipinski definition) is 6. The third-order valence-corrected chi connectivity index (χ3v) is 6.32. The molecule has 3 aromatic heterocycles. The minimum absolute atomic E-state index is 0.0355. The van der Waals surface area contributed by atoms with Crippen LogP contribution in [0, 0.1) is 18.8 Å². The molecule has 1 amide bonds. The molecule has 0 N–H and O–H groups in total. The molecule has 2 bridgehead atoms. The number of hydrogen-bond donors (Lipinski definition) is 0. The summed E-state index contributed by atoms with van der Waals surface area (Å²) in [5.41, 5.74) is 1.84. The van der Waals surface area contributed by atoms with Crippen molar-refractivity contribution < 1.29 is 9.53 Å². The Morgan fingerprint density at radius 1 is 1.13 bits per heavy atom. The van der Waals surface area contributed by atoms with E-state index in [9.17, 15) is 4.79 Å². The van der Waals surface area contributed by atoms with Crippen LogP contribution in [0.1, 0.15) is 35.4 Å². The van der Waals surface area contributed by atoms with E-state index < -0.39 is 0 Å². The number of fused-ring (bicyclic) bond motifs is 3. The highest BCUT2D eigenvalue weighted by atomic mass is 16.5. The van der Waals surface area contributed by atoms with Crippen molar-refractivity contribution in [1.29, 1.82) is 0 Å². The molecule has 3 aromatic rings. The maximum atomic E-state index is 13.5. The van der Waals surface area contributed by atoms with Crippen LogP contribution in [0.4, 0.5) is 0 Å². The van der Waals surface area contributed by atoms with Crippen molar-refractivity contribution in [2.45, 2.75) is 32.2 Å². The predicted molar refractivity (Wildman–Crippen MR) is 108 cm³/mol. The Hall–Kier alpha value is -3.23. The largest absolute Gasteiger partial charge is 0.478 e. The van der Waals surface area contributed by atoms with Crippen LogP contribution in [-0.4, -0.2) is 59.8 Å². The van der Waals surface area contributed by atoms with Gasteiger partial charge < -0.3 is 9.64 Å². The minimum Gasteiger partial charge on any atom is -0.478 e. The van der Waals surface area contributed by atoms with Gasteiger partial charge in [-0.2, -0.15) is 15.3 Å². The van der Waals surface area contributed by atoms with Gasteiger partial charge in [-0.3, -0.25) is 4.79 Å². The number of rotatable bonds is 5. The summed E-state index contributed by atoms with van der Waals surface area (Å²) in [5.74, 6) is 1.63. The average Bonchev–Trinajstić information content (AvgIpc) is 3.44. The van der Waals surface area contributed by atoms with E-state index in [2.05, 4.69) is 20.3 Å². The zero-order valence-corrected chi connectivity index (χ0v) is 17.2. The Morgan fingerprint density at radius 2 is 1.97 bits per heavy atom. The SMILES string of the molecule is Cc1ccc(-n2nccn2)c(C(=O)N2CC3CCC2CC3COc2ccnn2C)n1. The summed E-state index contributed by atoms with van der Waals surface area (Å²) in [6.45, 7) is 3.30. The lowest BCUT2D eigenvalue weighted by molar-refractivity contribution is -0.00549. The number of aromatic nitrogens is 6. The van der Waals surface area contributed by atoms with E-state index >= 15 is 0 Å². The topological polar surface area (TPSA) is 91.0 Å². The van der Waals surface area contributed by atoms with Gasteiger partial charge in [-0.05, 0) is 50.2 Å². The van der Waals surface area contributed by atoms with Crippen LogP contribution < -0.4 is 4.74 Å². The summed E-state index contributed by atoms with van der Waals surface area (Å²) in [4.78, 5) is 21.5. The van der Waals surface area contributed by atoms with E-state index in [1.807, 2.05) is 37.1 Å². The number of pyridine rings is 1. The Balaban J connectivity index is 1.33. The van der Waals surface area contributed by atoms with E-state index in [-0.39, 0.29) is 11.9 Å². The molecule has 30 heavy (non-hydrogen) atoms. The van der Waals surface area contributed by atoms with E-state index in [0.717, 1.165) is 37.4 Å². The molecule has 156 valence electrons.